The molecule has 1 unspecified atom stereocenters. The highest BCUT2D eigenvalue weighted by molar-refractivity contribution is 7.18. The first kappa shape index (κ1) is 15.4. The minimum Gasteiger partial charge on any atom is -0.378 e. The van der Waals surface area contributed by atoms with Crippen molar-refractivity contribution >= 4 is 27.5 Å². The molecule has 2 heterocycles. The van der Waals surface area contributed by atoms with E-state index in [9.17, 15) is 4.79 Å². The van der Waals surface area contributed by atoms with Crippen molar-refractivity contribution in [3.63, 3.8) is 0 Å². The molecule has 0 aliphatic carbocycles. The van der Waals surface area contributed by atoms with E-state index in [1.165, 1.54) is 4.70 Å². The van der Waals surface area contributed by atoms with Crippen molar-refractivity contribution in [2.24, 2.45) is 0 Å². The van der Waals surface area contributed by atoms with E-state index in [4.69, 9.17) is 4.74 Å². The SMILES string of the molecule is CC(C(=O)N1CCOCC1)N(C)Cc1nc2ccccc2s1. The van der Waals surface area contributed by atoms with Gasteiger partial charge in [0.25, 0.3) is 0 Å². The Kier molecular flexibility index (Phi) is 4.71. The van der Waals surface area contributed by atoms with Crippen LogP contribution in [-0.2, 0) is 16.1 Å². The van der Waals surface area contributed by atoms with E-state index in [-0.39, 0.29) is 11.9 Å². The summed E-state index contributed by atoms with van der Waals surface area (Å²) in [5.74, 6) is 0.173. The first-order chi connectivity index (χ1) is 10.6. The first-order valence-corrected chi connectivity index (χ1v) is 8.38. The molecule has 22 heavy (non-hydrogen) atoms. The van der Waals surface area contributed by atoms with Crippen molar-refractivity contribution in [2.45, 2.75) is 19.5 Å². The van der Waals surface area contributed by atoms with Crippen LogP contribution < -0.4 is 0 Å². The van der Waals surface area contributed by atoms with Crippen LogP contribution in [0.3, 0.4) is 0 Å². The number of hydrogen-bond acceptors (Lipinski definition) is 5. The quantitative estimate of drug-likeness (QED) is 0.864. The molecule has 1 aromatic carbocycles. The summed E-state index contributed by atoms with van der Waals surface area (Å²) in [6.45, 7) is 5.32. The number of fused-ring (bicyclic) bond motifs is 1. The summed E-state index contributed by atoms with van der Waals surface area (Å²) < 4.78 is 6.50. The van der Waals surface area contributed by atoms with Gasteiger partial charge < -0.3 is 9.64 Å². The van der Waals surface area contributed by atoms with E-state index >= 15 is 0 Å². The molecule has 1 amide bonds. The van der Waals surface area contributed by atoms with Gasteiger partial charge in [0.1, 0.15) is 5.01 Å². The van der Waals surface area contributed by atoms with Gasteiger partial charge in [-0.15, -0.1) is 11.3 Å². The number of amides is 1. The zero-order valence-corrected chi connectivity index (χ0v) is 13.8. The first-order valence-electron chi connectivity index (χ1n) is 7.56. The summed E-state index contributed by atoms with van der Waals surface area (Å²) in [6.07, 6.45) is 0. The van der Waals surface area contributed by atoms with Crippen molar-refractivity contribution < 1.29 is 9.53 Å². The highest BCUT2D eigenvalue weighted by atomic mass is 32.1. The number of hydrogen-bond donors (Lipinski definition) is 0. The summed E-state index contributed by atoms with van der Waals surface area (Å²) in [5.41, 5.74) is 1.03. The fraction of sp³-hybridized carbons (Fsp3) is 0.500. The second-order valence-electron chi connectivity index (χ2n) is 5.60. The third-order valence-corrected chi connectivity index (χ3v) is 5.09. The van der Waals surface area contributed by atoms with Crippen molar-refractivity contribution in [1.82, 2.24) is 14.8 Å². The van der Waals surface area contributed by atoms with Gasteiger partial charge in [-0.1, -0.05) is 12.1 Å². The molecule has 3 rings (SSSR count). The predicted molar refractivity (Wildman–Crippen MR) is 87.9 cm³/mol. The number of carbonyl (C=O) groups is 1. The standard InChI is InChI=1S/C16H21N3O2S/c1-12(16(20)19-7-9-21-10-8-19)18(2)11-15-17-13-5-3-4-6-14(13)22-15/h3-6,12H,7-11H2,1-2H3. The second-order valence-corrected chi connectivity index (χ2v) is 6.72. The summed E-state index contributed by atoms with van der Waals surface area (Å²) in [4.78, 5) is 21.1. The summed E-state index contributed by atoms with van der Waals surface area (Å²) in [5, 5.41) is 1.05. The van der Waals surface area contributed by atoms with E-state index in [0.29, 0.717) is 32.8 Å². The molecule has 0 radical (unpaired) electrons. The van der Waals surface area contributed by atoms with Gasteiger partial charge >= 0.3 is 0 Å². The molecule has 1 fully saturated rings. The molecule has 1 saturated heterocycles. The Morgan fingerprint density at radius 2 is 2.14 bits per heavy atom. The van der Waals surface area contributed by atoms with Crippen LogP contribution in [0.5, 0.6) is 0 Å². The smallest absolute Gasteiger partial charge is 0.239 e. The van der Waals surface area contributed by atoms with Crippen LogP contribution >= 0.6 is 11.3 Å². The van der Waals surface area contributed by atoms with Crippen LogP contribution in [0.25, 0.3) is 10.2 Å². The molecule has 0 N–H and O–H groups in total. The minimum absolute atomic E-state index is 0.148. The van der Waals surface area contributed by atoms with Gasteiger partial charge in [-0.05, 0) is 26.1 Å². The Labute approximate surface area is 134 Å². The zero-order valence-electron chi connectivity index (χ0n) is 13.0. The normalized spacial score (nSPS) is 17.1. The molecule has 118 valence electrons. The van der Waals surface area contributed by atoms with E-state index in [1.807, 2.05) is 37.1 Å². The minimum atomic E-state index is -0.148. The van der Waals surface area contributed by atoms with Crippen LogP contribution in [0.15, 0.2) is 24.3 Å². The van der Waals surface area contributed by atoms with Crippen molar-refractivity contribution in [1.29, 1.82) is 0 Å². The van der Waals surface area contributed by atoms with Gasteiger partial charge in [0.15, 0.2) is 0 Å². The highest BCUT2D eigenvalue weighted by Gasteiger charge is 2.25. The Morgan fingerprint density at radius 1 is 1.41 bits per heavy atom. The maximum atomic E-state index is 12.5. The molecule has 1 atom stereocenters. The molecule has 0 saturated carbocycles. The number of benzene rings is 1. The fourth-order valence-corrected chi connectivity index (χ4v) is 3.61. The number of ether oxygens (including phenoxy) is 1. The second kappa shape index (κ2) is 6.73. The lowest BCUT2D eigenvalue weighted by atomic mass is 10.2. The largest absolute Gasteiger partial charge is 0.378 e. The topological polar surface area (TPSA) is 45.7 Å². The molecular formula is C16H21N3O2S. The third kappa shape index (κ3) is 3.29. The third-order valence-electron chi connectivity index (χ3n) is 4.06. The van der Waals surface area contributed by atoms with E-state index in [0.717, 1.165) is 10.5 Å². The molecule has 0 spiro atoms. The monoisotopic (exact) mass is 319 g/mol. The maximum absolute atomic E-state index is 12.5. The average Bonchev–Trinajstić information content (AvgIpc) is 2.96. The number of likely N-dealkylation sites (N-methyl/N-ethyl adjacent to an activating group) is 1. The number of morpholine rings is 1. The highest BCUT2D eigenvalue weighted by Crippen LogP contribution is 2.23. The number of rotatable bonds is 4. The van der Waals surface area contributed by atoms with Gasteiger partial charge in [0.05, 0.1) is 36.0 Å². The van der Waals surface area contributed by atoms with Gasteiger partial charge in [-0.2, -0.15) is 0 Å². The van der Waals surface area contributed by atoms with Crippen molar-refractivity contribution in [3.8, 4) is 0 Å². The predicted octanol–water partition coefficient (Wildman–Crippen LogP) is 1.98. The molecule has 5 nitrogen and oxygen atoms in total. The summed E-state index contributed by atoms with van der Waals surface area (Å²) in [6, 6.07) is 7.99. The van der Waals surface area contributed by atoms with Crippen molar-refractivity contribution in [3.05, 3.63) is 29.3 Å². The van der Waals surface area contributed by atoms with Gasteiger partial charge in [0, 0.05) is 13.1 Å². The number of para-hydroxylation sites is 1. The lowest BCUT2D eigenvalue weighted by molar-refractivity contribution is -0.140. The van der Waals surface area contributed by atoms with Gasteiger partial charge in [0.2, 0.25) is 5.91 Å². The molecular weight excluding hydrogens is 298 g/mol. The lowest BCUT2D eigenvalue weighted by Crippen LogP contribution is -2.49. The van der Waals surface area contributed by atoms with Gasteiger partial charge in [-0.25, -0.2) is 4.98 Å². The molecule has 6 heteroatoms. The molecule has 1 aliphatic heterocycles. The Morgan fingerprint density at radius 3 is 2.86 bits per heavy atom. The van der Waals surface area contributed by atoms with Gasteiger partial charge in [-0.3, -0.25) is 9.69 Å². The summed E-state index contributed by atoms with van der Waals surface area (Å²) >= 11 is 1.69. The Bertz CT molecular complexity index is 619. The summed E-state index contributed by atoms with van der Waals surface area (Å²) in [7, 11) is 1.98. The average molecular weight is 319 g/mol. The maximum Gasteiger partial charge on any atom is 0.239 e. The Balaban J connectivity index is 1.64. The Hall–Kier alpha value is -1.50. The van der Waals surface area contributed by atoms with Crippen LogP contribution in [0.2, 0.25) is 0 Å². The number of thiazole rings is 1. The number of carbonyl (C=O) groups excluding carboxylic acids is 1. The molecule has 2 aromatic rings. The van der Waals surface area contributed by atoms with E-state index in [1.54, 1.807) is 11.3 Å². The number of nitrogens with zero attached hydrogens (tertiary/aromatic N) is 3. The van der Waals surface area contributed by atoms with Crippen LogP contribution in [0, 0.1) is 0 Å². The lowest BCUT2D eigenvalue weighted by Gasteiger charge is -2.32. The van der Waals surface area contributed by atoms with E-state index < -0.39 is 0 Å². The molecule has 1 aliphatic rings. The van der Waals surface area contributed by atoms with E-state index in [2.05, 4.69) is 16.0 Å². The van der Waals surface area contributed by atoms with Crippen molar-refractivity contribution in [2.75, 3.05) is 33.4 Å². The van der Waals surface area contributed by atoms with Crippen LogP contribution in [0.4, 0.5) is 0 Å². The zero-order chi connectivity index (χ0) is 15.5. The van der Waals surface area contributed by atoms with Crippen LogP contribution in [0.1, 0.15) is 11.9 Å². The molecule has 0 bridgehead atoms. The number of aromatic nitrogens is 1. The fourth-order valence-electron chi connectivity index (χ4n) is 2.57. The molecule has 1 aromatic heterocycles. The van der Waals surface area contributed by atoms with Crippen LogP contribution in [-0.4, -0.2) is 60.1 Å².